The quantitative estimate of drug-likeness (QED) is 0.578. The number of rotatable bonds is 6. The summed E-state index contributed by atoms with van der Waals surface area (Å²) in [6, 6.07) is 12.9. The third-order valence-corrected chi connectivity index (χ3v) is 4.19. The van der Waals surface area contributed by atoms with Crippen LogP contribution in [0.2, 0.25) is 10.0 Å². The van der Waals surface area contributed by atoms with E-state index in [1.54, 1.807) is 48.5 Å². The fourth-order valence-corrected chi connectivity index (χ4v) is 2.54. The topological polar surface area (TPSA) is 70.6 Å². The van der Waals surface area contributed by atoms with Gasteiger partial charge in [0, 0.05) is 5.02 Å². The van der Waals surface area contributed by atoms with Gasteiger partial charge in [0.05, 0.1) is 16.8 Å². The summed E-state index contributed by atoms with van der Waals surface area (Å²) >= 11 is 11.8. The van der Waals surface area contributed by atoms with Crippen LogP contribution in [0.5, 0.6) is 0 Å². The van der Waals surface area contributed by atoms with E-state index in [0.717, 1.165) is 5.56 Å². The third-order valence-electron chi connectivity index (χ3n) is 3.61. The van der Waals surface area contributed by atoms with Gasteiger partial charge in [-0.1, -0.05) is 61.3 Å². The lowest BCUT2D eigenvalue weighted by atomic mass is 10.0. The van der Waals surface area contributed by atoms with Crippen molar-refractivity contribution in [3.05, 3.63) is 69.7 Å². The van der Waals surface area contributed by atoms with Crippen LogP contribution in [0.15, 0.2) is 53.6 Å². The van der Waals surface area contributed by atoms with Crippen LogP contribution in [0.25, 0.3) is 0 Å². The number of carbonyl (C=O) groups excluding carboxylic acids is 2. The van der Waals surface area contributed by atoms with Crippen LogP contribution >= 0.6 is 23.2 Å². The van der Waals surface area contributed by atoms with Gasteiger partial charge in [-0.15, -0.1) is 0 Å². The predicted octanol–water partition coefficient (Wildman–Crippen LogP) is 3.90. The highest BCUT2D eigenvalue weighted by atomic mass is 35.5. The van der Waals surface area contributed by atoms with Gasteiger partial charge < -0.3 is 5.32 Å². The number of hydrogen-bond acceptors (Lipinski definition) is 3. The lowest BCUT2D eigenvalue weighted by Gasteiger charge is -2.20. The second-order valence-electron chi connectivity index (χ2n) is 5.96. The molecule has 2 rings (SSSR count). The van der Waals surface area contributed by atoms with E-state index in [-0.39, 0.29) is 5.92 Å². The minimum absolute atomic E-state index is 0.132. The molecule has 0 spiro atoms. The summed E-state index contributed by atoms with van der Waals surface area (Å²) in [6.07, 6.45) is 1.50. The molecule has 2 amide bonds. The first-order chi connectivity index (χ1) is 12.4. The molecule has 0 radical (unpaired) electrons. The maximum Gasteiger partial charge on any atom is 0.262 e. The molecule has 136 valence electrons. The molecule has 1 unspecified atom stereocenters. The van der Waals surface area contributed by atoms with Crippen molar-refractivity contribution < 1.29 is 9.59 Å². The Balaban J connectivity index is 2.02. The predicted molar refractivity (Wildman–Crippen MR) is 105 cm³/mol. The minimum atomic E-state index is -0.749. The van der Waals surface area contributed by atoms with Gasteiger partial charge in [-0.05, 0) is 35.7 Å². The summed E-state index contributed by atoms with van der Waals surface area (Å²) in [7, 11) is 0. The Morgan fingerprint density at radius 2 is 1.69 bits per heavy atom. The van der Waals surface area contributed by atoms with E-state index in [4.69, 9.17) is 23.2 Å². The normalized spacial score (nSPS) is 12.2. The Morgan fingerprint density at radius 3 is 2.31 bits per heavy atom. The molecule has 5 nitrogen and oxygen atoms in total. The minimum Gasteiger partial charge on any atom is -0.340 e. The van der Waals surface area contributed by atoms with E-state index in [1.807, 2.05) is 13.8 Å². The molecule has 0 saturated carbocycles. The highest BCUT2D eigenvalue weighted by Crippen LogP contribution is 2.15. The third kappa shape index (κ3) is 5.58. The van der Waals surface area contributed by atoms with Gasteiger partial charge in [0.25, 0.3) is 11.8 Å². The second kappa shape index (κ2) is 9.36. The number of hydrogen-bond donors (Lipinski definition) is 2. The fourth-order valence-electron chi connectivity index (χ4n) is 2.19. The van der Waals surface area contributed by atoms with Crippen molar-refractivity contribution in [3.8, 4) is 0 Å². The maximum absolute atomic E-state index is 12.4. The first-order valence-electron chi connectivity index (χ1n) is 8.02. The highest BCUT2D eigenvalue weighted by Gasteiger charge is 2.25. The van der Waals surface area contributed by atoms with Gasteiger partial charge in [0.2, 0.25) is 0 Å². The van der Waals surface area contributed by atoms with Crippen molar-refractivity contribution in [1.82, 2.24) is 10.7 Å². The van der Waals surface area contributed by atoms with Gasteiger partial charge in [0.15, 0.2) is 0 Å². The molecular weight excluding hydrogens is 373 g/mol. The molecule has 7 heteroatoms. The van der Waals surface area contributed by atoms with Crippen LogP contribution in [0.3, 0.4) is 0 Å². The Labute approximate surface area is 162 Å². The zero-order valence-electron chi connectivity index (χ0n) is 14.4. The Morgan fingerprint density at radius 1 is 1.04 bits per heavy atom. The molecule has 0 fully saturated rings. The molecule has 0 aliphatic rings. The van der Waals surface area contributed by atoms with E-state index < -0.39 is 17.9 Å². The standard InChI is InChI=1S/C19H19Cl2N3O2/c1-12(2)17(23-18(25)15-5-3-4-6-16(15)21)19(26)24-22-11-13-7-9-14(20)10-8-13/h3-12,17H,1-2H3,(H,23,25)(H,24,26). The largest absolute Gasteiger partial charge is 0.340 e. The molecule has 0 aliphatic carbocycles. The van der Waals surface area contributed by atoms with Crippen LogP contribution < -0.4 is 10.7 Å². The number of hydrazone groups is 1. The van der Waals surface area contributed by atoms with E-state index in [9.17, 15) is 9.59 Å². The average molecular weight is 392 g/mol. The van der Waals surface area contributed by atoms with Gasteiger partial charge in [-0.3, -0.25) is 9.59 Å². The first kappa shape index (κ1) is 19.9. The highest BCUT2D eigenvalue weighted by molar-refractivity contribution is 6.33. The van der Waals surface area contributed by atoms with E-state index >= 15 is 0 Å². The lowest BCUT2D eigenvalue weighted by molar-refractivity contribution is -0.123. The SMILES string of the molecule is CC(C)C(NC(=O)c1ccccc1Cl)C(=O)NN=Cc1ccc(Cl)cc1. The summed E-state index contributed by atoms with van der Waals surface area (Å²) in [5.41, 5.74) is 3.55. The van der Waals surface area contributed by atoms with Gasteiger partial charge in [-0.2, -0.15) is 5.10 Å². The first-order valence-corrected chi connectivity index (χ1v) is 8.78. The van der Waals surface area contributed by atoms with Crippen molar-refractivity contribution in [1.29, 1.82) is 0 Å². The Bertz CT molecular complexity index is 805. The molecule has 0 aromatic heterocycles. The van der Waals surface area contributed by atoms with Crippen LogP contribution in [-0.2, 0) is 4.79 Å². The van der Waals surface area contributed by atoms with Crippen LogP contribution in [-0.4, -0.2) is 24.1 Å². The van der Waals surface area contributed by atoms with Crippen molar-refractivity contribution in [2.24, 2.45) is 11.0 Å². The molecule has 2 aromatic rings. The van der Waals surface area contributed by atoms with E-state index in [1.165, 1.54) is 6.21 Å². The average Bonchev–Trinajstić information content (AvgIpc) is 2.61. The number of nitrogens with zero attached hydrogens (tertiary/aromatic N) is 1. The Kier molecular flexibility index (Phi) is 7.18. The van der Waals surface area contributed by atoms with Crippen LogP contribution in [0.1, 0.15) is 29.8 Å². The lowest BCUT2D eigenvalue weighted by Crippen LogP contribution is -2.48. The summed E-state index contributed by atoms with van der Waals surface area (Å²) in [5.74, 6) is -0.955. The summed E-state index contributed by atoms with van der Waals surface area (Å²) in [4.78, 5) is 24.8. The number of carbonyl (C=O) groups is 2. The van der Waals surface area contributed by atoms with Crippen molar-refractivity contribution in [3.63, 3.8) is 0 Å². The molecule has 0 saturated heterocycles. The van der Waals surface area contributed by atoms with Crippen LogP contribution in [0, 0.1) is 5.92 Å². The molecule has 26 heavy (non-hydrogen) atoms. The van der Waals surface area contributed by atoms with E-state index in [2.05, 4.69) is 15.8 Å². The number of benzene rings is 2. The molecule has 0 aliphatic heterocycles. The van der Waals surface area contributed by atoms with Crippen LogP contribution in [0.4, 0.5) is 0 Å². The summed E-state index contributed by atoms with van der Waals surface area (Å²) in [6.45, 7) is 3.67. The molecule has 1 atom stereocenters. The van der Waals surface area contributed by atoms with Gasteiger partial charge >= 0.3 is 0 Å². The number of amides is 2. The van der Waals surface area contributed by atoms with E-state index in [0.29, 0.717) is 15.6 Å². The maximum atomic E-state index is 12.4. The molecular formula is C19H19Cl2N3O2. The van der Waals surface area contributed by atoms with Gasteiger partial charge in [0.1, 0.15) is 6.04 Å². The summed E-state index contributed by atoms with van der Waals surface area (Å²) in [5, 5.41) is 7.58. The number of halogens is 2. The molecule has 0 heterocycles. The molecule has 2 N–H and O–H groups in total. The summed E-state index contributed by atoms with van der Waals surface area (Å²) < 4.78 is 0. The number of nitrogens with one attached hydrogen (secondary N) is 2. The van der Waals surface area contributed by atoms with Crippen molar-refractivity contribution in [2.75, 3.05) is 0 Å². The van der Waals surface area contributed by atoms with Crippen molar-refractivity contribution in [2.45, 2.75) is 19.9 Å². The second-order valence-corrected chi connectivity index (χ2v) is 6.80. The fraction of sp³-hybridized carbons (Fsp3) is 0.211. The zero-order chi connectivity index (χ0) is 19.1. The zero-order valence-corrected chi connectivity index (χ0v) is 15.9. The molecule has 2 aromatic carbocycles. The van der Waals surface area contributed by atoms with Crippen molar-refractivity contribution >= 4 is 41.2 Å². The smallest absolute Gasteiger partial charge is 0.262 e. The Hall–Kier alpha value is -2.37. The molecule has 0 bridgehead atoms. The van der Waals surface area contributed by atoms with Gasteiger partial charge in [-0.25, -0.2) is 5.43 Å². The monoisotopic (exact) mass is 391 g/mol.